The maximum Gasteiger partial charge on any atom is 0.335 e. The van der Waals surface area contributed by atoms with Crippen LogP contribution in [-0.4, -0.2) is 22.2 Å². The predicted molar refractivity (Wildman–Crippen MR) is 92.6 cm³/mol. The average molecular weight is 326 g/mol. The Hall–Kier alpha value is -2.62. The molecule has 1 atom stereocenters. The SMILES string of the molecule is CC(C)(C)c1ccc(C(Cc2ccc(C(=O)O)cc2)C(=O)O)cc1. The van der Waals surface area contributed by atoms with Crippen LogP contribution in [0.1, 0.15) is 53.7 Å². The average Bonchev–Trinajstić information content (AvgIpc) is 2.52. The largest absolute Gasteiger partial charge is 0.481 e. The van der Waals surface area contributed by atoms with E-state index in [4.69, 9.17) is 5.11 Å². The zero-order chi connectivity index (χ0) is 17.9. The lowest BCUT2D eigenvalue weighted by atomic mass is 9.84. The molecule has 0 amide bonds. The number of carboxylic acids is 2. The Morgan fingerprint density at radius 1 is 0.917 bits per heavy atom. The van der Waals surface area contributed by atoms with Crippen LogP contribution in [0.25, 0.3) is 0 Å². The molecule has 1 unspecified atom stereocenters. The van der Waals surface area contributed by atoms with E-state index in [-0.39, 0.29) is 11.0 Å². The monoisotopic (exact) mass is 326 g/mol. The van der Waals surface area contributed by atoms with Crippen LogP contribution in [0.4, 0.5) is 0 Å². The molecule has 0 saturated carbocycles. The van der Waals surface area contributed by atoms with Gasteiger partial charge in [-0.15, -0.1) is 0 Å². The van der Waals surface area contributed by atoms with Crippen molar-refractivity contribution < 1.29 is 19.8 Å². The summed E-state index contributed by atoms with van der Waals surface area (Å²) in [6.45, 7) is 6.34. The summed E-state index contributed by atoms with van der Waals surface area (Å²) in [5.41, 5.74) is 2.91. The van der Waals surface area contributed by atoms with Crippen molar-refractivity contribution >= 4 is 11.9 Å². The first-order valence-electron chi connectivity index (χ1n) is 7.84. The number of rotatable bonds is 5. The van der Waals surface area contributed by atoms with Gasteiger partial charge >= 0.3 is 11.9 Å². The number of hydrogen-bond acceptors (Lipinski definition) is 2. The summed E-state index contributed by atoms with van der Waals surface area (Å²) in [4.78, 5) is 22.6. The van der Waals surface area contributed by atoms with Crippen LogP contribution in [0.2, 0.25) is 0 Å². The summed E-state index contributed by atoms with van der Waals surface area (Å²) in [5, 5.41) is 18.5. The van der Waals surface area contributed by atoms with Crippen molar-refractivity contribution in [2.75, 3.05) is 0 Å². The molecule has 2 rings (SSSR count). The highest BCUT2D eigenvalue weighted by Crippen LogP contribution is 2.26. The van der Waals surface area contributed by atoms with Crippen LogP contribution >= 0.6 is 0 Å². The van der Waals surface area contributed by atoms with Crippen molar-refractivity contribution in [3.05, 3.63) is 70.8 Å². The van der Waals surface area contributed by atoms with E-state index in [0.717, 1.165) is 16.7 Å². The van der Waals surface area contributed by atoms with Crippen LogP contribution in [-0.2, 0) is 16.6 Å². The van der Waals surface area contributed by atoms with Crippen LogP contribution in [0.3, 0.4) is 0 Å². The van der Waals surface area contributed by atoms with Crippen molar-refractivity contribution in [1.82, 2.24) is 0 Å². The van der Waals surface area contributed by atoms with Gasteiger partial charge in [0.2, 0.25) is 0 Å². The van der Waals surface area contributed by atoms with Crippen molar-refractivity contribution in [2.45, 2.75) is 38.5 Å². The molecule has 4 nitrogen and oxygen atoms in total. The van der Waals surface area contributed by atoms with Gasteiger partial charge in [0.25, 0.3) is 0 Å². The standard InChI is InChI=1S/C20H22O4/c1-20(2,3)16-10-8-14(9-11-16)17(19(23)24)12-13-4-6-15(7-5-13)18(21)22/h4-11,17H,12H2,1-3H3,(H,21,22)(H,23,24). The third-order valence-electron chi connectivity index (χ3n) is 4.12. The summed E-state index contributed by atoms with van der Waals surface area (Å²) < 4.78 is 0. The molecule has 0 saturated heterocycles. The normalized spacial score (nSPS) is 12.6. The quantitative estimate of drug-likeness (QED) is 0.867. The molecule has 0 aliphatic rings. The van der Waals surface area contributed by atoms with E-state index in [9.17, 15) is 14.7 Å². The van der Waals surface area contributed by atoms with Gasteiger partial charge in [0.05, 0.1) is 11.5 Å². The number of carboxylic acid groups (broad SMARTS) is 2. The summed E-state index contributed by atoms with van der Waals surface area (Å²) in [7, 11) is 0. The lowest BCUT2D eigenvalue weighted by Gasteiger charge is -2.20. The van der Waals surface area contributed by atoms with Crippen LogP contribution in [0.5, 0.6) is 0 Å². The molecule has 0 fully saturated rings. The molecule has 2 aromatic carbocycles. The highest BCUT2D eigenvalue weighted by Gasteiger charge is 2.21. The van der Waals surface area contributed by atoms with Gasteiger partial charge < -0.3 is 10.2 Å². The molecule has 4 heteroatoms. The Morgan fingerprint density at radius 2 is 1.46 bits per heavy atom. The lowest BCUT2D eigenvalue weighted by molar-refractivity contribution is -0.138. The molecule has 0 radical (unpaired) electrons. The Bertz CT molecular complexity index is 722. The minimum atomic E-state index is -0.992. The Balaban J connectivity index is 2.23. The van der Waals surface area contributed by atoms with E-state index in [1.54, 1.807) is 12.1 Å². The second-order valence-electron chi connectivity index (χ2n) is 6.97. The Labute approximate surface area is 141 Å². The molecule has 0 aromatic heterocycles. The molecule has 0 aliphatic heterocycles. The predicted octanol–water partition coefficient (Wildman–Crippen LogP) is 4.09. The van der Waals surface area contributed by atoms with Gasteiger partial charge in [-0.2, -0.15) is 0 Å². The second kappa shape index (κ2) is 6.87. The van der Waals surface area contributed by atoms with Crippen LogP contribution in [0.15, 0.2) is 48.5 Å². The van der Waals surface area contributed by atoms with Gasteiger partial charge in [0.1, 0.15) is 0 Å². The Morgan fingerprint density at radius 3 is 1.88 bits per heavy atom. The molecular formula is C20H22O4. The van der Waals surface area contributed by atoms with Gasteiger partial charge in [0.15, 0.2) is 0 Å². The highest BCUT2D eigenvalue weighted by molar-refractivity contribution is 5.87. The highest BCUT2D eigenvalue weighted by atomic mass is 16.4. The number of aliphatic carboxylic acids is 1. The summed E-state index contributed by atoms with van der Waals surface area (Å²) >= 11 is 0. The minimum absolute atomic E-state index is 0.0178. The second-order valence-corrected chi connectivity index (χ2v) is 6.97. The van der Waals surface area contributed by atoms with E-state index in [2.05, 4.69) is 20.8 Å². The summed E-state index contributed by atoms with van der Waals surface area (Å²) in [5.74, 6) is -2.54. The molecule has 0 bridgehead atoms. The number of benzene rings is 2. The zero-order valence-corrected chi connectivity index (χ0v) is 14.1. The fourth-order valence-corrected chi connectivity index (χ4v) is 2.58. The Kier molecular flexibility index (Phi) is 5.07. The molecule has 2 aromatic rings. The molecule has 0 heterocycles. The van der Waals surface area contributed by atoms with Crippen LogP contribution in [0, 0.1) is 0 Å². The first kappa shape index (κ1) is 17.7. The van der Waals surface area contributed by atoms with Crippen molar-refractivity contribution in [3.8, 4) is 0 Å². The lowest BCUT2D eigenvalue weighted by Crippen LogP contribution is -2.16. The maximum absolute atomic E-state index is 11.7. The van der Waals surface area contributed by atoms with Gasteiger partial charge in [-0.1, -0.05) is 57.2 Å². The molecule has 0 spiro atoms. The number of aromatic carboxylic acids is 1. The number of carbonyl (C=O) groups is 2. The van der Waals surface area contributed by atoms with E-state index in [0.29, 0.717) is 6.42 Å². The van der Waals surface area contributed by atoms with Crippen molar-refractivity contribution in [2.24, 2.45) is 0 Å². The fraction of sp³-hybridized carbons (Fsp3) is 0.300. The third-order valence-corrected chi connectivity index (χ3v) is 4.12. The van der Waals surface area contributed by atoms with Crippen LogP contribution < -0.4 is 0 Å². The van der Waals surface area contributed by atoms with E-state index in [1.807, 2.05) is 24.3 Å². The number of hydrogen-bond donors (Lipinski definition) is 2. The van der Waals surface area contributed by atoms with Gasteiger partial charge in [0, 0.05) is 0 Å². The first-order chi connectivity index (χ1) is 11.2. The minimum Gasteiger partial charge on any atom is -0.481 e. The fourth-order valence-electron chi connectivity index (χ4n) is 2.58. The topological polar surface area (TPSA) is 74.6 Å². The van der Waals surface area contributed by atoms with Gasteiger partial charge in [-0.05, 0) is 40.7 Å². The summed E-state index contributed by atoms with van der Waals surface area (Å²) in [6.07, 6.45) is 0.324. The first-order valence-corrected chi connectivity index (χ1v) is 7.84. The third kappa shape index (κ3) is 4.22. The van der Waals surface area contributed by atoms with Crippen molar-refractivity contribution in [3.63, 3.8) is 0 Å². The molecule has 24 heavy (non-hydrogen) atoms. The summed E-state index contributed by atoms with van der Waals surface area (Å²) in [6, 6.07) is 14.0. The molecule has 126 valence electrons. The molecular weight excluding hydrogens is 304 g/mol. The van der Waals surface area contributed by atoms with E-state index >= 15 is 0 Å². The maximum atomic E-state index is 11.7. The smallest absolute Gasteiger partial charge is 0.335 e. The van der Waals surface area contributed by atoms with E-state index in [1.165, 1.54) is 12.1 Å². The molecule has 0 aliphatic carbocycles. The zero-order valence-electron chi connectivity index (χ0n) is 14.1. The van der Waals surface area contributed by atoms with Gasteiger partial charge in [-0.3, -0.25) is 4.79 Å². The molecule has 2 N–H and O–H groups in total. The van der Waals surface area contributed by atoms with E-state index < -0.39 is 17.9 Å². The van der Waals surface area contributed by atoms with Gasteiger partial charge in [-0.25, -0.2) is 4.79 Å². The van der Waals surface area contributed by atoms with Crippen molar-refractivity contribution in [1.29, 1.82) is 0 Å².